The molecule has 1 amide bonds. The van der Waals surface area contributed by atoms with E-state index in [-0.39, 0.29) is 35.6 Å². The normalized spacial score (nSPS) is 17.4. The first-order valence-corrected chi connectivity index (χ1v) is 7.30. The Morgan fingerprint density at radius 1 is 1.38 bits per heavy atom. The van der Waals surface area contributed by atoms with E-state index in [0.717, 1.165) is 0 Å². The summed E-state index contributed by atoms with van der Waals surface area (Å²) < 4.78 is 0. The summed E-state index contributed by atoms with van der Waals surface area (Å²) in [7, 11) is 0. The fourth-order valence-corrected chi connectivity index (χ4v) is 2.83. The van der Waals surface area contributed by atoms with E-state index in [2.05, 4.69) is 10.3 Å². The lowest BCUT2D eigenvalue weighted by molar-refractivity contribution is -0.384. The van der Waals surface area contributed by atoms with Crippen LogP contribution in [-0.4, -0.2) is 46.4 Å². The highest BCUT2D eigenvalue weighted by molar-refractivity contribution is 6.06. The average Bonchev–Trinajstić information content (AvgIpc) is 2.53. The van der Waals surface area contributed by atoms with Crippen molar-refractivity contribution in [2.45, 2.75) is 13.0 Å². The lowest BCUT2D eigenvalue weighted by Gasteiger charge is -2.34. The summed E-state index contributed by atoms with van der Waals surface area (Å²) in [6.07, 6.45) is 0. The molecule has 0 radical (unpaired) electrons. The second-order valence-electron chi connectivity index (χ2n) is 5.59. The van der Waals surface area contributed by atoms with Crippen LogP contribution in [0.25, 0.3) is 10.9 Å². The van der Waals surface area contributed by atoms with Gasteiger partial charge in [0, 0.05) is 54.8 Å². The van der Waals surface area contributed by atoms with Crippen LogP contribution in [0.15, 0.2) is 29.1 Å². The molecule has 9 heteroatoms. The van der Waals surface area contributed by atoms with Gasteiger partial charge in [-0.2, -0.15) is 0 Å². The Hall–Kier alpha value is -2.45. The van der Waals surface area contributed by atoms with Gasteiger partial charge in [-0.05, 0) is 13.0 Å². The van der Waals surface area contributed by atoms with Gasteiger partial charge in [0.05, 0.1) is 10.5 Å². The van der Waals surface area contributed by atoms with E-state index in [0.29, 0.717) is 30.5 Å². The number of halogens is 1. The van der Waals surface area contributed by atoms with Gasteiger partial charge in [0.25, 0.3) is 11.6 Å². The van der Waals surface area contributed by atoms with Gasteiger partial charge in [-0.15, -0.1) is 12.4 Å². The van der Waals surface area contributed by atoms with E-state index < -0.39 is 10.5 Å². The molecule has 8 nitrogen and oxygen atoms in total. The van der Waals surface area contributed by atoms with Gasteiger partial charge >= 0.3 is 0 Å². The van der Waals surface area contributed by atoms with Crippen molar-refractivity contribution in [3.05, 3.63) is 50.3 Å². The Bertz CT molecular complexity index is 851. The van der Waals surface area contributed by atoms with Crippen molar-refractivity contribution in [3.8, 4) is 0 Å². The minimum Gasteiger partial charge on any atom is -0.333 e. The molecule has 0 bridgehead atoms. The van der Waals surface area contributed by atoms with Gasteiger partial charge in [0.2, 0.25) is 5.56 Å². The molecule has 0 aliphatic carbocycles. The van der Waals surface area contributed by atoms with Gasteiger partial charge < -0.3 is 15.2 Å². The first-order valence-electron chi connectivity index (χ1n) is 7.30. The van der Waals surface area contributed by atoms with Gasteiger partial charge in [-0.25, -0.2) is 0 Å². The highest BCUT2D eigenvalue weighted by Gasteiger charge is 2.26. The van der Waals surface area contributed by atoms with Crippen LogP contribution in [0.1, 0.15) is 17.3 Å². The molecule has 2 N–H and O–H groups in total. The summed E-state index contributed by atoms with van der Waals surface area (Å²) in [4.78, 5) is 39.4. The number of carbonyl (C=O) groups is 1. The predicted molar refractivity (Wildman–Crippen MR) is 91.8 cm³/mol. The largest absolute Gasteiger partial charge is 0.333 e. The number of H-pyrrole nitrogens is 1. The molecule has 1 aromatic carbocycles. The Kier molecular flexibility index (Phi) is 5.20. The second-order valence-corrected chi connectivity index (χ2v) is 5.59. The molecule has 2 aromatic rings. The first-order chi connectivity index (χ1) is 11.0. The third kappa shape index (κ3) is 3.24. The number of nitrogens with one attached hydrogen (secondary N) is 2. The Labute approximate surface area is 143 Å². The van der Waals surface area contributed by atoms with Crippen molar-refractivity contribution in [1.82, 2.24) is 15.2 Å². The number of hydrogen-bond donors (Lipinski definition) is 2. The minimum absolute atomic E-state index is 0. The first kappa shape index (κ1) is 17.9. The van der Waals surface area contributed by atoms with E-state index in [1.807, 2.05) is 6.92 Å². The summed E-state index contributed by atoms with van der Waals surface area (Å²) >= 11 is 0. The number of nitro benzene ring substituents is 1. The number of nitrogens with zero attached hydrogens (tertiary/aromatic N) is 2. The van der Waals surface area contributed by atoms with Gasteiger partial charge in [-0.1, -0.05) is 0 Å². The number of benzene rings is 1. The number of hydrogen-bond acceptors (Lipinski definition) is 5. The molecule has 0 saturated carbocycles. The van der Waals surface area contributed by atoms with Crippen LogP contribution in [0.5, 0.6) is 0 Å². The summed E-state index contributed by atoms with van der Waals surface area (Å²) in [5.41, 5.74) is 0.0832. The summed E-state index contributed by atoms with van der Waals surface area (Å²) in [5, 5.41) is 14.6. The highest BCUT2D eigenvalue weighted by Crippen LogP contribution is 2.23. The minimum atomic E-state index is -0.522. The highest BCUT2D eigenvalue weighted by atomic mass is 35.5. The van der Waals surface area contributed by atoms with Crippen molar-refractivity contribution in [2.75, 3.05) is 19.6 Å². The SMILES string of the molecule is C[C@H]1CNCCN1C(=O)c1cc(=O)[nH]c2ccc([N+](=O)[O-])cc12.Cl. The van der Waals surface area contributed by atoms with Crippen LogP contribution in [0.2, 0.25) is 0 Å². The second kappa shape index (κ2) is 6.98. The fraction of sp³-hybridized carbons (Fsp3) is 0.333. The zero-order valence-corrected chi connectivity index (χ0v) is 13.8. The molecule has 1 fully saturated rings. The summed E-state index contributed by atoms with van der Waals surface area (Å²) in [5.74, 6) is -0.282. The van der Waals surface area contributed by atoms with Crippen molar-refractivity contribution < 1.29 is 9.72 Å². The summed E-state index contributed by atoms with van der Waals surface area (Å²) in [6.45, 7) is 3.80. The van der Waals surface area contributed by atoms with Crippen LogP contribution in [0, 0.1) is 10.1 Å². The molecule has 1 saturated heterocycles. The van der Waals surface area contributed by atoms with E-state index in [1.165, 1.54) is 24.3 Å². The molecular formula is C15H17ClN4O4. The maximum Gasteiger partial charge on any atom is 0.270 e. The number of rotatable bonds is 2. The van der Waals surface area contributed by atoms with Crippen molar-refractivity contribution in [2.24, 2.45) is 0 Å². The molecule has 0 spiro atoms. The molecule has 3 rings (SSSR count). The monoisotopic (exact) mass is 352 g/mol. The molecule has 24 heavy (non-hydrogen) atoms. The molecule has 1 aromatic heterocycles. The number of aromatic nitrogens is 1. The third-order valence-electron chi connectivity index (χ3n) is 4.03. The van der Waals surface area contributed by atoms with Crippen LogP contribution in [-0.2, 0) is 0 Å². The summed E-state index contributed by atoms with van der Waals surface area (Å²) in [6, 6.07) is 5.28. The average molecular weight is 353 g/mol. The molecule has 128 valence electrons. The molecule has 2 heterocycles. The van der Waals surface area contributed by atoms with Crippen molar-refractivity contribution >= 4 is 34.9 Å². The van der Waals surface area contributed by atoms with E-state index in [4.69, 9.17) is 0 Å². The zero-order chi connectivity index (χ0) is 16.6. The molecule has 0 unspecified atom stereocenters. The zero-order valence-electron chi connectivity index (χ0n) is 12.9. The maximum atomic E-state index is 12.8. The fourth-order valence-electron chi connectivity index (χ4n) is 2.83. The van der Waals surface area contributed by atoms with Gasteiger partial charge in [-0.3, -0.25) is 19.7 Å². The lowest BCUT2D eigenvalue weighted by Crippen LogP contribution is -2.52. The Balaban J connectivity index is 0.00000208. The third-order valence-corrected chi connectivity index (χ3v) is 4.03. The quantitative estimate of drug-likeness (QED) is 0.625. The van der Waals surface area contributed by atoms with Crippen molar-refractivity contribution in [3.63, 3.8) is 0 Å². The smallest absolute Gasteiger partial charge is 0.270 e. The maximum absolute atomic E-state index is 12.8. The Morgan fingerprint density at radius 3 is 2.79 bits per heavy atom. The predicted octanol–water partition coefficient (Wildman–Crippen LogP) is 1.29. The van der Waals surface area contributed by atoms with E-state index in [1.54, 1.807) is 4.90 Å². The molecule has 1 atom stereocenters. The van der Waals surface area contributed by atoms with Crippen LogP contribution >= 0.6 is 12.4 Å². The number of nitro groups is 1. The number of fused-ring (bicyclic) bond motifs is 1. The number of aromatic amines is 1. The van der Waals surface area contributed by atoms with Crippen molar-refractivity contribution in [1.29, 1.82) is 0 Å². The number of carbonyl (C=O) groups excluding carboxylic acids is 1. The molecular weight excluding hydrogens is 336 g/mol. The van der Waals surface area contributed by atoms with Crippen LogP contribution in [0.4, 0.5) is 5.69 Å². The van der Waals surface area contributed by atoms with Gasteiger partial charge in [0.15, 0.2) is 0 Å². The number of piperazine rings is 1. The lowest BCUT2D eigenvalue weighted by atomic mass is 10.1. The van der Waals surface area contributed by atoms with E-state index in [9.17, 15) is 19.7 Å². The van der Waals surface area contributed by atoms with Crippen LogP contribution in [0.3, 0.4) is 0 Å². The number of amides is 1. The van der Waals surface area contributed by atoms with Crippen LogP contribution < -0.4 is 10.9 Å². The topological polar surface area (TPSA) is 108 Å². The Morgan fingerprint density at radius 2 is 2.12 bits per heavy atom. The standard InChI is InChI=1S/C15H16N4O4.ClH/c1-9-8-16-4-5-18(9)15(21)12-7-14(20)17-13-3-2-10(19(22)23)6-11(12)13;/h2-3,6-7,9,16H,4-5,8H2,1H3,(H,17,20);1H/t9-;/m0./s1. The molecule has 1 aliphatic rings. The molecule has 1 aliphatic heterocycles. The number of pyridine rings is 1. The van der Waals surface area contributed by atoms with E-state index >= 15 is 0 Å². The number of non-ortho nitro benzene ring substituents is 1. The van der Waals surface area contributed by atoms with Gasteiger partial charge in [0.1, 0.15) is 0 Å².